The van der Waals surface area contributed by atoms with Gasteiger partial charge in [0, 0.05) is 6.04 Å². The van der Waals surface area contributed by atoms with Crippen molar-refractivity contribution < 1.29 is 0 Å². The lowest BCUT2D eigenvalue weighted by molar-refractivity contribution is 0.521. The molecule has 1 aromatic rings. The van der Waals surface area contributed by atoms with Crippen molar-refractivity contribution >= 4 is 0 Å². The number of unbranched alkanes of at least 4 members (excludes halogenated alkanes) is 1. The Bertz CT molecular complexity index is 357. The molecule has 0 radical (unpaired) electrons. The molecule has 0 spiro atoms. The quantitative estimate of drug-likeness (QED) is 0.807. The normalized spacial score (nSPS) is 16.6. The van der Waals surface area contributed by atoms with Crippen LogP contribution in [0, 0.1) is 0 Å². The minimum absolute atomic E-state index is 0.544. The van der Waals surface area contributed by atoms with Crippen LogP contribution in [0.25, 0.3) is 0 Å². The molecule has 1 aromatic carbocycles. The van der Waals surface area contributed by atoms with E-state index in [0.29, 0.717) is 6.04 Å². The van der Waals surface area contributed by atoms with E-state index in [0.717, 1.165) is 0 Å². The van der Waals surface area contributed by atoms with E-state index in [1.54, 1.807) is 11.1 Å². The molecule has 0 aliphatic heterocycles. The lowest BCUT2D eigenvalue weighted by Crippen LogP contribution is -2.17. The van der Waals surface area contributed by atoms with Crippen LogP contribution < -0.4 is 5.32 Å². The summed E-state index contributed by atoms with van der Waals surface area (Å²) in [5.74, 6) is 0. The van der Waals surface area contributed by atoms with Gasteiger partial charge in [0.15, 0.2) is 0 Å². The average Bonchev–Trinajstić information content (AvgIpc) is 2.39. The van der Waals surface area contributed by atoms with Crippen molar-refractivity contribution in [3.63, 3.8) is 0 Å². The van der Waals surface area contributed by atoms with Crippen LogP contribution in [0.3, 0.4) is 0 Å². The molecule has 0 aromatic heterocycles. The van der Waals surface area contributed by atoms with E-state index in [1.807, 2.05) is 0 Å². The third kappa shape index (κ3) is 3.10. The first kappa shape index (κ1) is 12.6. The fraction of sp³-hybridized carbons (Fsp3) is 0.625. The van der Waals surface area contributed by atoms with Crippen LogP contribution in [0.5, 0.6) is 0 Å². The molecule has 0 saturated heterocycles. The van der Waals surface area contributed by atoms with Crippen molar-refractivity contribution in [3.8, 4) is 0 Å². The third-order valence-corrected chi connectivity index (χ3v) is 3.97. The molecular formula is C16H25N. The van der Waals surface area contributed by atoms with Crippen LogP contribution in [0.2, 0.25) is 0 Å². The van der Waals surface area contributed by atoms with Crippen molar-refractivity contribution in [3.05, 3.63) is 34.9 Å². The highest BCUT2D eigenvalue weighted by Gasteiger charge is 2.13. The van der Waals surface area contributed by atoms with E-state index < -0.39 is 0 Å². The second-order valence-electron chi connectivity index (χ2n) is 5.22. The monoisotopic (exact) mass is 231 g/mol. The molecule has 1 unspecified atom stereocenters. The smallest absolute Gasteiger partial charge is 0.0317 e. The van der Waals surface area contributed by atoms with E-state index in [9.17, 15) is 0 Å². The van der Waals surface area contributed by atoms with Crippen molar-refractivity contribution in [1.82, 2.24) is 5.32 Å². The maximum atomic E-state index is 3.46. The molecule has 1 nitrogen and oxygen atoms in total. The molecule has 1 aliphatic carbocycles. The zero-order valence-corrected chi connectivity index (χ0v) is 11.3. The van der Waals surface area contributed by atoms with Crippen molar-refractivity contribution in [2.75, 3.05) is 7.05 Å². The van der Waals surface area contributed by atoms with Crippen LogP contribution in [0.15, 0.2) is 18.2 Å². The van der Waals surface area contributed by atoms with Gasteiger partial charge in [-0.05, 0) is 55.8 Å². The summed E-state index contributed by atoms with van der Waals surface area (Å²) < 4.78 is 0. The zero-order valence-electron chi connectivity index (χ0n) is 11.3. The van der Waals surface area contributed by atoms with E-state index in [1.165, 1.54) is 50.5 Å². The van der Waals surface area contributed by atoms with Gasteiger partial charge in [0.05, 0.1) is 0 Å². The molecule has 17 heavy (non-hydrogen) atoms. The highest BCUT2D eigenvalue weighted by molar-refractivity contribution is 5.35. The van der Waals surface area contributed by atoms with Gasteiger partial charge in [-0.25, -0.2) is 0 Å². The van der Waals surface area contributed by atoms with Gasteiger partial charge in [0.2, 0.25) is 0 Å². The molecule has 1 aliphatic rings. The van der Waals surface area contributed by atoms with Crippen LogP contribution in [-0.2, 0) is 12.8 Å². The predicted molar refractivity (Wildman–Crippen MR) is 74.4 cm³/mol. The summed E-state index contributed by atoms with van der Waals surface area (Å²) in [6.45, 7) is 2.26. The van der Waals surface area contributed by atoms with Gasteiger partial charge in [0.1, 0.15) is 0 Å². The molecule has 0 amide bonds. The maximum Gasteiger partial charge on any atom is 0.0317 e. The minimum atomic E-state index is 0.544. The fourth-order valence-electron chi connectivity index (χ4n) is 2.86. The zero-order chi connectivity index (χ0) is 12.1. The predicted octanol–water partition coefficient (Wildman–Crippen LogP) is 4.02. The van der Waals surface area contributed by atoms with Crippen LogP contribution in [-0.4, -0.2) is 7.05 Å². The second-order valence-corrected chi connectivity index (χ2v) is 5.22. The summed E-state index contributed by atoms with van der Waals surface area (Å²) >= 11 is 0. The van der Waals surface area contributed by atoms with E-state index in [2.05, 4.69) is 37.5 Å². The second kappa shape index (κ2) is 6.20. The Kier molecular flexibility index (Phi) is 4.61. The van der Waals surface area contributed by atoms with E-state index in [-0.39, 0.29) is 0 Å². The minimum Gasteiger partial charge on any atom is -0.313 e. The van der Waals surface area contributed by atoms with Crippen LogP contribution in [0.1, 0.15) is 61.8 Å². The van der Waals surface area contributed by atoms with Crippen LogP contribution in [0.4, 0.5) is 0 Å². The topological polar surface area (TPSA) is 12.0 Å². The van der Waals surface area contributed by atoms with Crippen LogP contribution >= 0.6 is 0 Å². The largest absolute Gasteiger partial charge is 0.313 e. The molecule has 0 fully saturated rings. The van der Waals surface area contributed by atoms with Gasteiger partial charge in [-0.15, -0.1) is 0 Å². The Labute approximate surface area is 106 Å². The number of fused-ring (bicyclic) bond motifs is 1. The molecule has 1 N–H and O–H groups in total. The molecule has 2 rings (SSSR count). The van der Waals surface area contributed by atoms with Gasteiger partial charge in [0.25, 0.3) is 0 Å². The first-order valence-electron chi connectivity index (χ1n) is 7.14. The Balaban J connectivity index is 2.13. The van der Waals surface area contributed by atoms with E-state index >= 15 is 0 Å². The number of nitrogens with one attached hydrogen (secondary N) is 1. The standard InChI is InChI=1S/C16H25N/c1-3-4-9-16(17-2)15-11-10-13-7-5-6-8-14(13)12-15/h10-12,16-17H,3-9H2,1-2H3. The molecule has 94 valence electrons. The summed E-state index contributed by atoms with van der Waals surface area (Å²) in [6.07, 6.45) is 9.16. The SMILES string of the molecule is CCCCC(NC)c1ccc2c(c1)CCCC2. The lowest BCUT2D eigenvalue weighted by atomic mass is 9.88. The number of hydrogen-bond donors (Lipinski definition) is 1. The van der Waals surface area contributed by atoms with Crippen molar-refractivity contribution in [2.45, 2.75) is 57.9 Å². The summed E-state index contributed by atoms with van der Waals surface area (Å²) in [4.78, 5) is 0. The summed E-state index contributed by atoms with van der Waals surface area (Å²) in [5, 5.41) is 3.46. The molecule has 0 heterocycles. The lowest BCUT2D eigenvalue weighted by Gasteiger charge is -2.21. The number of hydrogen-bond acceptors (Lipinski definition) is 1. The number of rotatable bonds is 5. The van der Waals surface area contributed by atoms with Gasteiger partial charge in [-0.2, -0.15) is 0 Å². The molecule has 0 saturated carbocycles. The highest BCUT2D eigenvalue weighted by atomic mass is 14.9. The molecule has 1 heteroatoms. The van der Waals surface area contributed by atoms with Gasteiger partial charge in [-0.1, -0.05) is 38.0 Å². The van der Waals surface area contributed by atoms with Crippen molar-refractivity contribution in [1.29, 1.82) is 0 Å². The van der Waals surface area contributed by atoms with Gasteiger partial charge >= 0.3 is 0 Å². The Morgan fingerprint density at radius 2 is 1.94 bits per heavy atom. The van der Waals surface area contributed by atoms with Crippen molar-refractivity contribution in [2.24, 2.45) is 0 Å². The summed E-state index contributed by atoms with van der Waals surface area (Å²) in [6, 6.07) is 7.69. The summed E-state index contributed by atoms with van der Waals surface area (Å²) in [7, 11) is 2.08. The fourth-order valence-corrected chi connectivity index (χ4v) is 2.86. The maximum absolute atomic E-state index is 3.46. The summed E-state index contributed by atoms with van der Waals surface area (Å²) in [5.41, 5.74) is 4.68. The third-order valence-electron chi connectivity index (χ3n) is 3.97. The number of aryl methyl sites for hydroxylation is 2. The molecule has 1 atom stereocenters. The first-order chi connectivity index (χ1) is 8.35. The highest BCUT2D eigenvalue weighted by Crippen LogP contribution is 2.26. The Hall–Kier alpha value is -0.820. The van der Waals surface area contributed by atoms with E-state index in [4.69, 9.17) is 0 Å². The Morgan fingerprint density at radius 1 is 1.18 bits per heavy atom. The molecular weight excluding hydrogens is 206 g/mol. The molecule has 0 bridgehead atoms. The van der Waals surface area contributed by atoms with Gasteiger partial charge in [-0.3, -0.25) is 0 Å². The van der Waals surface area contributed by atoms with Gasteiger partial charge < -0.3 is 5.32 Å². The Morgan fingerprint density at radius 3 is 2.65 bits per heavy atom. The average molecular weight is 231 g/mol. The number of benzene rings is 1. The first-order valence-corrected chi connectivity index (χ1v) is 7.14.